The first-order valence-corrected chi connectivity index (χ1v) is 6.01. The molecule has 2 atom stereocenters. The molecule has 0 aromatic carbocycles. The monoisotopic (exact) mass is 295 g/mol. The average molecular weight is 295 g/mol. The quantitative estimate of drug-likeness (QED) is 0.588. The van der Waals surface area contributed by atoms with Crippen molar-refractivity contribution in [1.29, 1.82) is 0 Å². The maximum Gasteiger partial charge on any atom is 0.328 e. The third kappa shape index (κ3) is 2.63. The van der Waals surface area contributed by atoms with Crippen LogP contribution in [0, 0.1) is 6.92 Å². The summed E-state index contributed by atoms with van der Waals surface area (Å²) in [7, 11) is 0. The lowest BCUT2D eigenvalue weighted by molar-refractivity contribution is -0.141. The molecule has 2 unspecified atom stereocenters. The van der Waals surface area contributed by atoms with Crippen molar-refractivity contribution in [1.82, 2.24) is 15.3 Å². The third-order valence-corrected chi connectivity index (χ3v) is 2.93. The lowest BCUT2D eigenvalue weighted by atomic mass is 10.1. The van der Waals surface area contributed by atoms with E-state index in [9.17, 15) is 19.5 Å². The van der Waals surface area contributed by atoms with Crippen LogP contribution in [0.25, 0.3) is 11.1 Å². The summed E-state index contributed by atoms with van der Waals surface area (Å²) in [6.45, 7) is 2.68. The second-order valence-electron chi connectivity index (χ2n) is 4.48. The standard InChI is InChI=1S/C12H13N3O6/c1-4(16)8(12(19)20)15-10(18)6-5(2)21-11-7(6)9(17)13-3-14-11/h3-4,8,16H,1-2H3,(H,15,18)(H,19,20)(H,13,14,17). The van der Waals surface area contributed by atoms with Gasteiger partial charge in [0.15, 0.2) is 6.04 Å². The van der Waals surface area contributed by atoms with Crippen LogP contribution in [-0.4, -0.2) is 44.2 Å². The van der Waals surface area contributed by atoms with Gasteiger partial charge in [-0.25, -0.2) is 9.78 Å². The molecule has 2 heterocycles. The van der Waals surface area contributed by atoms with E-state index in [1.165, 1.54) is 13.8 Å². The van der Waals surface area contributed by atoms with Crippen LogP contribution in [0.5, 0.6) is 0 Å². The molecule has 0 radical (unpaired) electrons. The van der Waals surface area contributed by atoms with Gasteiger partial charge in [-0.3, -0.25) is 9.59 Å². The van der Waals surface area contributed by atoms with Crippen molar-refractivity contribution in [3.05, 3.63) is 28.0 Å². The molecule has 0 aliphatic rings. The Morgan fingerprint density at radius 1 is 1.48 bits per heavy atom. The number of nitrogens with zero attached hydrogens (tertiary/aromatic N) is 1. The number of aromatic amines is 1. The summed E-state index contributed by atoms with van der Waals surface area (Å²) in [6.07, 6.45) is -0.174. The van der Waals surface area contributed by atoms with Gasteiger partial charge < -0.3 is 24.9 Å². The molecule has 0 saturated carbocycles. The van der Waals surface area contributed by atoms with E-state index in [0.717, 1.165) is 6.33 Å². The Bertz CT molecular complexity index is 760. The van der Waals surface area contributed by atoms with Gasteiger partial charge in [0.05, 0.1) is 18.0 Å². The van der Waals surface area contributed by atoms with Crippen LogP contribution in [0.2, 0.25) is 0 Å². The Kier molecular flexibility index (Phi) is 3.76. The number of hydrogen-bond acceptors (Lipinski definition) is 6. The second-order valence-corrected chi connectivity index (χ2v) is 4.48. The number of aliphatic hydroxyl groups is 1. The summed E-state index contributed by atoms with van der Waals surface area (Å²) in [5, 5.41) is 20.4. The Morgan fingerprint density at radius 2 is 2.14 bits per heavy atom. The van der Waals surface area contributed by atoms with E-state index in [2.05, 4.69) is 15.3 Å². The molecular weight excluding hydrogens is 282 g/mol. The van der Waals surface area contributed by atoms with E-state index in [4.69, 9.17) is 9.52 Å². The minimum absolute atomic E-state index is 0.0229. The Labute approximate surface area is 117 Å². The molecule has 9 nitrogen and oxygen atoms in total. The highest BCUT2D eigenvalue weighted by atomic mass is 16.4. The average Bonchev–Trinajstić information content (AvgIpc) is 2.72. The van der Waals surface area contributed by atoms with Crippen molar-refractivity contribution in [2.24, 2.45) is 0 Å². The van der Waals surface area contributed by atoms with Crippen molar-refractivity contribution in [3.63, 3.8) is 0 Å². The molecule has 0 fully saturated rings. The third-order valence-electron chi connectivity index (χ3n) is 2.93. The highest BCUT2D eigenvalue weighted by Gasteiger charge is 2.29. The first-order chi connectivity index (χ1) is 9.82. The fourth-order valence-electron chi connectivity index (χ4n) is 1.93. The van der Waals surface area contributed by atoms with E-state index in [0.29, 0.717) is 0 Å². The molecule has 2 aromatic heterocycles. The lowest BCUT2D eigenvalue weighted by Gasteiger charge is -2.16. The fraction of sp³-hybridized carbons (Fsp3) is 0.333. The number of nitrogens with one attached hydrogen (secondary N) is 2. The summed E-state index contributed by atoms with van der Waals surface area (Å²) < 4.78 is 5.20. The molecule has 0 aliphatic heterocycles. The number of carbonyl (C=O) groups is 2. The van der Waals surface area contributed by atoms with Crippen LogP contribution in [-0.2, 0) is 4.79 Å². The van der Waals surface area contributed by atoms with E-state index < -0.39 is 29.6 Å². The Balaban J connectivity index is 2.47. The molecule has 9 heteroatoms. The smallest absolute Gasteiger partial charge is 0.328 e. The molecule has 112 valence electrons. The van der Waals surface area contributed by atoms with Crippen molar-refractivity contribution in [2.45, 2.75) is 26.0 Å². The number of carbonyl (C=O) groups excluding carboxylic acids is 1. The molecule has 21 heavy (non-hydrogen) atoms. The van der Waals surface area contributed by atoms with E-state index in [1.807, 2.05) is 0 Å². The molecular formula is C12H13N3O6. The number of H-pyrrole nitrogens is 1. The van der Waals surface area contributed by atoms with Gasteiger partial charge in [-0.15, -0.1) is 0 Å². The van der Waals surface area contributed by atoms with Gasteiger partial charge in [0.1, 0.15) is 11.1 Å². The van der Waals surface area contributed by atoms with E-state index in [-0.39, 0.29) is 22.4 Å². The molecule has 1 amide bonds. The van der Waals surface area contributed by atoms with Crippen molar-refractivity contribution < 1.29 is 24.2 Å². The zero-order chi connectivity index (χ0) is 15.7. The summed E-state index contributed by atoms with van der Waals surface area (Å²) in [6, 6.07) is -1.50. The number of carboxylic acid groups (broad SMARTS) is 1. The van der Waals surface area contributed by atoms with Crippen molar-refractivity contribution in [2.75, 3.05) is 0 Å². The number of aliphatic carboxylic acids is 1. The maximum atomic E-state index is 12.2. The van der Waals surface area contributed by atoms with Gasteiger partial charge in [-0.1, -0.05) is 0 Å². The number of aryl methyl sites for hydroxylation is 1. The Hall–Kier alpha value is -2.68. The lowest BCUT2D eigenvalue weighted by Crippen LogP contribution is -2.47. The van der Waals surface area contributed by atoms with E-state index >= 15 is 0 Å². The molecule has 2 aromatic rings. The number of aliphatic hydroxyl groups excluding tert-OH is 1. The summed E-state index contributed by atoms with van der Waals surface area (Å²) in [4.78, 5) is 41.0. The van der Waals surface area contributed by atoms with Gasteiger partial charge in [0.25, 0.3) is 11.5 Å². The maximum absolute atomic E-state index is 12.2. The minimum Gasteiger partial charge on any atom is -0.480 e. The fourth-order valence-corrected chi connectivity index (χ4v) is 1.93. The number of furan rings is 1. The molecule has 2 rings (SSSR count). The molecule has 4 N–H and O–H groups in total. The van der Waals surface area contributed by atoms with Gasteiger partial charge in [-0.05, 0) is 13.8 Å². The Morgan fingerprint density at radius 3 is 2.71 bits per heavy atom. The predicted octanol–water partition coefficient (Wildman–Crippen LogP) is -0.612. The van der Waals surface area contributed by atoms with Gasteiger partial charge in [-0.2, -0.15) is 0 Å². The highest BCUT2D eigenvalue weighted by Crippen LogP contribution is 2.20. The number of carboxylic acids is 1. The molecule has 0 spiro atoms. The van der Waals surface area contributed by atoms with Crippen LogP contribution >= 0.6 is 0 Å². The summed E-state index contributed by atoms with van der Waals surface area (Å²) in [5.41, 5.74) is -0.706. The number of rotatable bonds is 4. The predicted molar refractivity (Wildman–Crippen MR) is 69.9 cm³/mol. The topological polar surface area (TPSA) is 146 Å². The summed E-state index contributed by atoms with van der Waals surface area (Å²) >= 11 is 0. The van der Waals surface area contributed by atoms with Crippen molar-refractivity contribution >= 4 is 23.0 Å². The van der Waals surface area contributed by atoms with Crippen molar-refractivity contribution in [3.8, 4) is 0 Å². The van der Waals surface area contributed by atoms with Gasteiger partial charge in [0.2, 0.25) is 5.71 Å². The van der Waals surface area contributed by atoms with Crippen LogP contribution in [0.1, 0.15) is 23.0 Å². The van der Waals surface area contributed by atoms with E-state index in [1.54, 1.807) is 0 Å². The minimum atomic E-state index is -1.50. The van der Waals surface area contributed by atoms with Gasteiger partial charge >= 0.3 is 5.97 Å². The number of aromatic nitrogens is 2. The number of hydrogen-bond donors (Lipinski definition) is 4. The number of fused-ring (bicyclic) bond motifs is 1. The first-order valence-electron chi connectivity index (χ1n) is 6.01. The van der Waals surface area contributed by atoms with Crippen LogP contribution in [0.3, 0.4) is 0 Å². The normalized spacial score (nSPS) is 13.9. The molecule has 0 saturated heterocycles. The first kappa shape index (κ1) is 14.7. The van der Waals surface area contributed by atoms with Crippen LogP contribution in [0.4, 0.5) is 0 Å². The zero-order valence-corrected chi connectivity index (χ0v) is 11.2. The highest BCUT2D eigenvalue weighted by molar-refractivity contribution is 6.07. The zero-order valence-electron chi connectivity index (χ0n) is 11.2. The second kappa shape index (κ2) is 5.37. The van der Waals surface area contributed by atoms with Crippen LogP contribution < -0.4 is 10.9 Å². The van der Waals surface area contributed by atoms with Gasteiger partial charge in [0, 0.05) is 0 Å². The van der Waals surface area contributed by atoms with Crippen LogP contribution in [0.15, 0.2) is 15.5 Å². The largest absolute Gasteiger partial charge is 0.480 e. The number of amides is 1. The molecule has 0 bridgehead atoms. The molecule has 0 aliphatic carbocycles. The SMILES string of the molecule is Cc1oc2nc[nH]c(=O)c2c1C(=O)NC(C(=O)O)C(C)O. The summed E-state index contributed by atoms with van der Waals surface area (Å²) in [5.74, 6) is -2.10.